The molecule has 33 heavy (non-hydrogen) atoms. The maximum Gasteiger partial charge on any atom is 0.157 e. The summed E-state index contributed by atoms with van der Waals surface area (Å²) in [7, 11) is 0. The van der Waals surface area contributed by atoms with E-state index >= 15 is 0 Å². The number of aromatic nitrogens is 4. The Morgan fingerprint density at radius 2 is 1.91 bits per heavy atom. The number of likely N-dealkylation sites (N-methyl/N-ethyl adjacent to an activating group) is 1. The molecule has 0 spiro atoms. The number of benzene rings is 1. The Balaban J connectivity index is 1.37. The SMILES string of the molecule is CCN1CCN(c2ccc(-c3cc(NCc4ccc(Cl)cc4F)n4nccc4n3)cn2)CC1. The van der Waals surface area contributed by atoms with Gasteiger partial charge in [-0.25, -0.2) is 14.4 Å². The molecule has 0 aliphatic carbocycles. The molecular formula is C24H25ClFN7. The lowest BCUT2D eigenvalue weighted by Gasteiger charge is -2.34. The zero-order chi connectivity index (χ0) is 22.8. The van der Waals surface area contributed by atoms with Crippen LogP contribution in [0.5, 0.6) is 0 Å². The van der Waals surface area contributed by atoms with E-state index in [1.807, 2.05) is 24.4 Å². The van der Waals surface area contributed by atoms with E-state index in [-0.39, 0.29) is 5.82 Å². The number of hydrogen-bond acceptors (Lipinski definition) is 6. The van der Waals surface area contributed by atoms with Crippen LogP contribution >= 0.6 is 11.6 Å². The zero-order valence-electron chi connectivity index (χ0n) is 18.4. The van der Waals surface area contributed by atoms with Gasteiger partial charge in [0.15, 0.2) is 5.65 Å². The van der Waals surface area contributed by atoms with E-state index in [9.17, 15) is 4.39 Å². The van der Waals surface area contributed by atoms with Gasteiger partial charge in [0.2, 0.25) is 0 Å². The molecule has 1 fully saturated rings. The van der Waals surface area contributed by atoms with E-state index in [4.69, 9.17) is 21.6 Å². The van der Waals surface area contributed by atoms with Gasteiger partial charge in [-0.1, -0.05) is 24.6 Å². The van der Waals surface area contributed by atoms with E-state index < -0.39 is 0 Å². The van der Waals surface area contributed by atoms with Crippen molar-refractivity contribution in [2.45, 2.75) is 13.5 Å². The average molecular weight is 466 g/mol. The maximum atomic E-state index is 14.2. The van der Waals surface area contributed by atoms with Gasteiger partial charge in [0.05, 0.1) is 11.9 Å². The van der Waals surface area contributed by atoms with Gasteiger partial charge < -0.3 is 15.1 Å². The van der Waals surface area contributed by atoms with Crippen LogP contribution in [0.15, 0.2) is 54.9 Å². The number of rotatable bonds is 6. The molecule has 7 nitrogen and oxygen atoms in total. The van der Waals surface area contributed by atoms with Crippen molar-refractivity contribution < 1.29 is 4.39 Å². The third-order valence-corrected chi connectivity index (χ3v) is 6.26. The number of piperazine rings is 1. The summed E-state index contributed by atoms with van der Waals surface area (Å²) in [6.07, 6.45) is 3.55. The van der Waals surface area contributed by atoms with Gasteiger partial charge in [-0.3, -0.25) is 0 Å². The van der Waals surface area contributed by atoms with Gasteiger partial charge in [-0.15, -0.1) is 0 Å². The van der Waals surface area contributed by atoms with Gasteiger partial charge in [-0.05, 0) is 30.8 Å². The van der Waals surface area contributed by atoms with Crippen molar-refractivity contribution in [3.05, 3.63) is 71.3 Å². The van der Waals surface area contributed by atoms with Crippen LogP contribution in [-0.2, 0) is 6.54 Å². The normalized spacial score (nSPS) is 14.7. The summed E-state index contributed by atoms with van der Waals surface area (Å²) in [5.41, 5.74) is 2.91. The number of fused-ring (bicyclic) bond motifs is 1. The van der Waals surface area contributed by atoms with Gasteiger partial charge in [0.25, 0.3) is 0 Å². The lowest BCUT2D eigenvalue weighted by atomic mass is 10.2. The summed E-state index contributed by atoms with van der Waals surface area (Å²) in [4.78, 5) is 14.2. The predicted molar refractivity (Wildman–Crippen MR) is 129 cm³/mol. The Hall–Kier alpha value is -3.23. The Bertz CT molecular complexity index is 1250. The monoisotopic (exact) mass is 465 g/mol. The fourth-order valence-electron chi connectivity index (χ4n) is 4.06. The molecule has 0 amide bonds. The Labute approximate surface area is 196 Å². The molecule has 1 aliphatic heterocycles. The van der Waals surface area contributed by atoms with Crippen LogP contribution < -0.4 is 10.2 Å². The average Bonchev–Trinajstić information content (AvgIpc) is 3.32. The molecule has 9 heteroatoms. The number of halogens is 2. The molecule has 0 saturated carbocycles. The van der Waals surface area contributed by atoms with Crippen molar-refractivity contribution in [2.24, 2.45) is 0 Å². The minimum atomic E-state index is -0.347. The summed E-state index contributed by atoms with van der Waals surface area (Å²) < 4.78 is 15.9. The van der Waals surface area contributed by atoms with Crippen LogP contribution in [0.1, 0.15) is 12.5 Å². The van der Waals surface area contributed by atoms with E-state index in [1.54, 1.807) is 22.8 Å². The first-order valence-electron chi connectivity index (χ1n) is 11.1. The molecule has 170 valence electrons. The highest BCUT2D eigenvalue weighted by Gasteiger charge is 2.17. The van der Waals surface area contributed by atoms with Gasteiger partial charge in [0.1, 0.15) is 17.5 Å². The first-order chi connectivity index (χ1) is 16.1. The van der Waals surface area contributed by atoms with Crippen LogP contribution in [0.2, 0.25) is 5.02 Å². The molecule has 1 saturated heterocycles. The standard InChI is InChI=1S/C24H25ClFN7/c1-2-31-9-11-32(12-10-31)22-6-4-18(16-27-22)21-14-24(33-23(30-21)7-8-29-33)28-15-17-3-5-19(25)13-20(17)26/h3-8,13-14,16,28H,2,9-12,15H2,1H3. The lowest BCUT2D eigenvalue weighted by Crippen LogP contribution is -2.46. The molecule has 1 aromatic carbocycles. The summed E-state index contributed by atoms with van der Waals surface area (Å²) in [6, 6.07) is 12.5. The van der Waals surface area contributed by atoms with Crippen LogP contribution in [0, 0.1) is 5.82 Å². The van der Waals surface area contributed by atoms with Gasteiger partial charge in [0, 0.05) is 67.2 Å². The summed E-state index contributed by atoms with van der Waals surface area (Å²) >= 11 is 5.87. The lowest BCUT2D eigenvalue weighted by molar-refractivity contribution is 0.270. The zero-order valence-corrected chi connectivity index (χ0v) is 19.1. The van der Waals surface area contributed by atoms with Crippen molar-refractivity contribution in [3.63, 3.8) is 0 Å². The Morgan fingerprint density at radius 3 is 2.64 bits per heavy atom. The van der Waals surface area contributed by atoms with E-state index in [0.29, 0.717) is 28.6 Å². The largest absolute Gasteiger partial charge is 0.366 e. The van der Waals surface area contributed by atoms with E-state index in [1.165, 1.54) is 6.07 Å². The van der Waals surface area contributed by atoms with Crippen molar-refractivity contribution >= 4 is 28.9 Å². The second-order valence-corrected chi connectivity index (χ2v) is 8.48. The molecule has 5 rings (SSSR count). The highest BCUT2D eigenvalue weighted by atomic mass is 35.5. The van der Waals surface area contributed by atoms with Crippen molar-refractivity contribution in [1.82, 2.24) is 24.5 Å². The van der Waals surface area contributed by atoms with Crippen molar-refractivity contribution in [3.8, 4) is 11.3 Å². The number of nitrogens with zero attached hydrogens (tertiary/aromatic N) is 6. The minimum absolute atomic E-state index is 0.294. The van der Waals surface area contributed by atoms with Crippen molar-refractivity contribution in [1.29, 1.82) is 0 Å². The first-order valence-corrected chi connectivity index (χ1v) is 11.4. The molecular weight excluding hydrogens is 441 g/mol. The van der Waals surface area contributed by atoms with Crippen LogP contribution in [0.4, 0.5) is 16.0 Å². The topological polar surface area (TPSA) is 61.6 Å². The molecule has 0 bridgehead atoms. The molecule has 3 aromatic heterocycles. The molecule has 0 radical (unpaired) electrons. The highest BCUT2D eigenvalue weighted by molar-refractivity contribution is 6.30. The third-order valence-electron chi connectivity index (χ3n) is 6.02. The fraction of sp³-hybridized carbons (Fsp3) is 0.292. The van der Waals surface area contributed by atoms with E-state index in [2.05, 4.69) is 33.2 Å². The number of pyridine rings is 1. The third kappa shape index (κ3) is 4.62. The first kappa shape index (κ1) is 21.6. The number of anilines is 2. The van der Waals surface area contributed by atoms with Crippen LogP contribution in [0.3, 0.4) is 0 Å². The number of hydrogen-bond donors (Lipinski definition) is 1. The summed E-state index contributed by atoms with van der Waals surface area (Å²) in [6.45, 7) is 7.66. The molecule has 0 atom stereocenters. The summed E-state index contributed by atoms with van der Waals surface area (Å²) in [5.74, 6) is 1.35. The van der Waals surface area contributed by atoms with E-state index in [0.717, 1.165) is 49.8 Å². The maximum absolute atomic E-state index is 14.2. The van der Waals surface area contributed by atoms with Gasteiger partial charge in [-0.2, -0.15) is 9.61 Å². The summed E-state index contributed by atoms with van der Waals surface area (Å²) in [5, 5.41) is 7.99. The predicted octanol–water partition coefficient (Wildman–Crippen LogP) is 4.34. The second kappa shape index (κ2) is 9.33. The van der Waals surface area contributed by atoms with Gasteiger partial charge >= 0.3 is 0 Å². The minimum Gasteiger partial charge on any atom is -0.366 e. The fourth-order valence-corrected chi connectivity index (χ4v) is 4.21. The Morgan fingerprint density at radius 1 is 1.06 bits per heavy atom. The molecule has 1 N–H and O–H groups in total. The second-order valence-electron chi connectivity index (χ2n) is 8.04. The van der Waals surface area contributed by atoms with Crippen molar-refractivity contribution in [2.75, 3.05) is 42.9 Å². The quantitative estimate of drug-likeness (QED) is 0.457. The molecule has 4 aromatic rings. The molecule has 0 unspecified atom stereocenters. The highest BCUT2D eigenvalue weighted by Crippen LogP contribution is 2.25. The van der Waals surface area contributed by atoms with Crippen LogP contribution in [-0.4, -0.2) is 57.2 Å². The van der Waals surface area contributed by atoms with Crippen LogP contribution in [0.25, 0.3) is 16.9 Å². The molecule has 4 heterocycles. The Kier molecular flexibility index (Phi) is 6.11. The molecule has 1 aliphatic rings. The smallest absolute Gasteiger partial charge is 0.157 e. The number of nitrogens with one attached hydrogen (secondary N) is 1.